The van der Waals surface area contributed by atoms with Gasteiger partial charge in [-0.3, -0.25) is 13.8 Å². The van der Waals surface area contributed by atoms with Crippen LogP contribution in [0, 0.1) is 5.82 Å². The van der Waals surface area contributed by atoms with Crippen molar-refractivity contribution in [2.24, 2.45) is 0 Å². The predicted octanol–water partition coefficient (Wildman–Crippen LogP) is 7.24. The maximum atomic E-state index is 13.8. The van der Waals surface area contributed by atoms with Crippen LogP contribution in [0.1, 0.15) is 29.7 Å². The van der Waals surface area contributed by atoms with Crippen molar-refractivity contribution in [3.05, 3.63) is 105 Å². The largest absolute Gasteiger partial charge is 0.573 e. The van der Waals surface area contributed by atoms with Gasteiger partial charge in [-0.2, -0.15) is 10.1 Å². The third-order valence-corrected chi connectivity index (χ3v) is 9.41. The van der Waals surface area contributed by atoms with Crippen molar-refractivity contribution in [3.63, 3.8) is 0 Å². The summed E-state index contributed by atoms with van der Waals surface area (Å²) in [6, 6.07) is 17.0. The number of quaternary nitrogens is 3. The van der Waals surface area contributed by atoms with Crippen molar-refractivity contribution in [2.45, 2.75) is 25.7 Å². The van der Waals surface area contributed by atoms with Gasteiger partial charge in [-0.25, -0.2) is 13.8 Å². The van der Waals surface area contributed by atoms with Crippen molar-refractivity contribution in [2.75, 3.05) is 77.0 Å². The Morgan fingerprint density at radius 3 is 2.16 bits per heavy atom. The molecule has 0 saturated heterocycles. The second-order valence-corrected chi connectivity index (χ2v) is 17.2. The van der Waals surface area contributed by atoms with Crippen LogP contribution in [0.5, 0.6) is 11.5 Å². The zero-order chi connectivity index (χ0) is 42.2. The van der Waals surface area contributed by atoms with Gasteiger partial charge in [0.2, 0.25) is 5.71 Å². The lowest BCUT2D eigenvalue weighted by atomic mass is 10.0. The molecule has 5 rings (SSSR count). The Kier molecular flexibility index (Phi) is 15.2. The van der Waals surface area contributed by atoms with Crippen LogP contribution in [0.4, 0.5) is 22.7 Å². The Morgan fingerprint density at radius 2 is 1.62 bits per heavy atom. The standard InChI is InChI=1S/C21H25ClFN2O2.C11H12F3N2OS.C7H12N2O2/c1-24(13-5-6-20(27)25(2,3)4)21(15-7-9-16(22)10-8-15)18-14-17(23)11-12-19(18)26;1-16(2,3)10-15-7-5-4-6-8(9(7)18-10)17-11(12,13)14;1-9(2,3)5-6-4-7(10)8-11-6/h7-12,14H,5-6,13H2,1-4H3;4-6H,1-3H3;4H,5H2,1-3H3/q2*+1;/p+2. The van der Waals surface area contributed by atoms with Crippen LogP contribution in [0.15, 0.2) is 76.0 Å². The molecule has 0 spiro atoms. The first kappa shape index (κ1) is 45.8. The van der Waals surface area contributed by atoms with Crippen molar-refractivity contribution in [1.82, 2.24) is 14.6 Å². The number of aromatic amines is 1. The van der Waals surface area contributed by atoms with Crippen LogP contribution in [-0.4, -0.2) is 124 Å². The number of rotatable bonds is 10. The van der Waals surface area contributed by atoms with Crippen molar-refractivity contribution < 1.29 is 50.3 Å². The Labute approximate surface area is 333 Å². The number of phenolic OH excluding ortho intramolecular Hbond substituents is 1. The molecule has 0 unspecified atom stereocenters. The van der Waals surface area contributed by atoms with Crippen LogP contribution >= 0.6 is 22.9 Å². The second kappa shape index (κ2) is 18.6. The van der Waals surface area contributed by atoms with E-state index in [-0.39, 0.29) is 27.4 Å². The number of halogens is 5. The number of nitrogens with one attached hydrogen (secondary N) is 1. The predicted molar refractivity (Wildman–Crippen MR) is 213 cm³/mol. The highest BCUT2D eigenvalue weighted by atomic mass is 35.5. The molecule has 0 saturated carbocycles. The lowest BCUT2D eigenvalue weighted by Gasteiger charge is -2.21. The first-order valence-electron chi connectivity index (χ1n) is 17.4. The molecular formula is C39H51ClF4N6O5S+4. The van der Waals surface area contributed by atoms with E-state index in [9.17, 15) is 32.3 Å². The summed E-state index contributed by atoms with van der Waals surface area (Å²) in [6.45, 7) is 1.30. The number of aromatic hydroxyl groups is 1. The summed E-state index contributed by atoms with van der Waals surface area (Å²) in [5.74, 6) is 0.211. The van der Waals surface area contributed by atoms with Gasteiger partial charge in [0.05, 0.1) is 87.0 Å². The van der Waals surface area contributed by atoms with Crippen LogP contribution in [0.3, 0.4) is 0 Å². The molecule has 11 nitrogen and oxygen atoms in total. The summed E-state index contributed by atoms with van der Waals surface area (Å²) in [4.78, 5) is 27.1. The number of fused-ring (bicyclic) bond motifs is 1. The van der Waals surface area contributed by atoms with Crippen LogP contribution in [0.25, 0.3) is 10.2 Å². The van der Waals surface area contributed by atoms with Gasteiger partial charge in [-0.1, -0.05) is 29.0 Å². The molecule has 2 N–H and O–H groups in total. The third kappa shape index (κ3) is 14.5. The van der Waals surface area contributed by atoms with E-state index in [2.05, 4.69) is 14.9 Å². The number of carbonyl (C=O) groups is 1. The number of alkyl halides is 3. The molecular weight excluding hydrogens is 776 g/mol. The van der Waals surface area contributed by atoms with Crippen LogP contribution in [0.2, 0.25) is 5.02 Å². The fraction of sp³-hybridized carbons (Fsp3) is 0.385. The summed E-state index contributed by atoms with van der Waals surface area (Å²) >= 11 is 7.20. The molecule has 0 fully saturated rings. The van der Waals surface area contributed by atoms with E-state index in [1.54, 1.807) is 18.2 Å². The van der Waals surface area contributed by atoms with Gasteiger partial charge in [0.25, 0.3) is 10.7 Å². The van der Waals surface area contributed by atoms with Crippen molar-refractivity contribution in [1.29, 1.82) is 0 Å². The maximum absolute atomic E-state index is 13.8. The van der Waals surface area contributed by atoms with Crippen LogP contribution < -0.4 is 14.8 Å². The molecule has 0 aliphatic heterocycles. The lowest BCUT2D eigenvalue weighted by Crippen LogP contribution is -2.41. The minimum absolute atomic E-state index is 0.00404. The van der Waals surface area contributed by atoms with Gasteiger partial charge in [0.15, 0.2) is 5.76 Å². The summed E-state index contributed by atoms with van der Waals surface area (Å²) in [5, 5.41) is 13.9. The quantitative estimate of drug-likeness (QED) is 0.0666. The number of hydrogen-bond donors (Lipinski definition) is 2. The lowest BCUT2D eigenvalue weighted by molar-refractivity contribution is -0.885. The molecule has 5 aromatic rings. The summed E-state index contributed by atoms with van der Waals surface area (Å²) < 4.78 is 63.4. The van der Waals surface area contributed by atoms with E-state index >= 15 is 0 Å². The molecule has 0 bridgehead atoms. The Hall–Kier alpha value is -4.61. The number of thiazole rings is 1. The molecule has 17 heteroatoms. The van der Waals surface area contributed by atoms with E-state index in [0.29, 0.717) is 56.1 Å². The number of nitrogens with zero attached hydrogens (tertiary/aromatic N) is 5. The number of carbonyl (C=O) groups excluding carboxylic acids is 1. The van der Waals surface area contributed by atoms with Gasteiger partial charge in [0.1, 0.15) is 42.2 Å². The number of H-pyrrole nitrogens is 1. The molecule has 0 aliphatic carbocycles. The van der Waals surface area contributed by atoms with Crippen molar-refractivity contribution >= 4 is 49.9 Å². The first-order valence-corrected chi connectivity index (χ1v) is 18.6. The zero-order valence-electron chi connectivity index (χ0n) is 33.3. The van der Waals surface area contributed by atoms with Gasteiger partial charge in [-0.05, 0) is 54.6 Å². The van der Waals surface area contributed by atoms with Gasteiger partial charge in [-0.15, -0.1) is 13.2 Å². The van der Waals surface area contributed by atoms with Crippen LogP contribution in [-0.2, 0) is 11.3 Å². The minimum Gasteiger partial charge on any atom is -0.507 e. The van der Waals surface area contributed by atoms with E-state index in [4.69, 9.17) is 16.1 Å². The summed E-state index contributed by atoms with van der Waals surface area (Å²) in [5.41, 5.74) is 2.23. The molecule has 2 heterocycles. The number of amides is 1. The molecule has 0 aliphatic rings. The average molecular weight is 827 g/mol. The maximum Gasteiger partial charge on any atom is 0.573 e. The summed E-state index contributed by atoms with van der Waals surface area (Å²) in [6.07, 6.45) is -3.59. The molecule has 56 heavy (non-hydrogen) atoms. The smallest absolute Gasteiger partial charge is 0.507 e. The Balaban J connectivity index is 0.000000248. The fourth-order valence-corrected chi connectivity index (χ4v) is 6.23. The fourth-order valence-electron chi connectivity index (χ4n) is 5.07. The summed E-state index contributed by atoms with van der Waals surface area (Å²) in [7, 11) is 19.2. The Morgan fingerprint density at radius 1 is 0.982 bits per heavy atom. The topological polar surface area (TPSA) is 108 Å². The van der Waals surface area contributed by atoms with E-state index in [0.717, 1.165) is 21.7 Å². The average Bonchev–Trinajstić information content (AvgIpc) is 3.69. The van der Waals surface area contributed by atoms with Gasteiger partial charge < -0.3 is 18.8 Å². The number of ether oxygens (including phenoxy) is 1. The number of aromatic nitrogens is 2. The first-order chi connectivity index (χ1) is 25.7. The molecule has 3 aromatic carbocycles. The number of benzene rings is 3. The normalized spacial score (nSPS) is 12.6. The van der Waals surface area contributed by atoms with E-state index in [1.165, 1.54) is 47.7 Å². The highest BCUT2D eigenvalue weighted by Gasteiger charge is 2.33. The number of hydrogen-bond acceptors (Lipinski definition) is 7. The number of phenols is 1. The van der Waals surface area contributed by atoms with E-state index in [1.807, 2.05) is 87.2 Å². The van der Waals surface area contributed by atoms with Gasteiger partial charge in [0, 0.05) is 17.0 Å². The minimum atomic E-state index is -4.69. The molecule has 1 amide bonds. The highest BCUT2D eigenvalue weighted by Crippen LogP contribution is 2.38. The van der Waals surface area contributed by atoms with E-state index < -0.39 is 12.2 Å². The Bertz CT molecular complexity index is 2180. The zero-order valence-corrected chi connectivity index (χ0v) is 34.9. The second-order valence-electron chi connectivity index (χ2n) is 15.7. The molecule has 0 radical (unpaired) electrons. The SMILES string of the molecule is C[N+](C)(C)Cc1cc(=O)[nH]o1.C[N+](C)(C)c1nc2cccc(OC(F)(F)F)c2s1.C[N+](CCCC(=O)[N+](C)(C)C)=C(c1ccc(Cl)cc1)c1cc(F)ccc1O. The third-order valence-electron chi connectivity index (χ3n) is 7.72. The molecule has 0 atom stereocenters. The molecule has 2 aromatic heterocycles. The monoisotopic (exact) mass is 826 g/mol. The van der Waals surface area contributed by atoms with Gasteiger partial charge >= 0.3 is 12.3 Å². The molecule has 304 valence electrons. The van der Waals surface area contributed by atoms with Crippen molar-refractivity contribution in [3.8, 4) is 11.5 Å². The highest BCUT2D eigenvalue weighted by molar-refractivity contribution is 7.22.